The van der Waals surface area contributed by atoms with Crippen molar-refractivity contribution in [2.45, 2.75) is 0 Å². The lowest BCUT2D eigenvalue weighted by molar-refractivity contribution is 0.102. The quantitative estimate of drug-likeness (QED) is 0.903. The number of hydrogen-bond donors (Lipinski definition) is 2. The molecule has 2 N–H and O–H groups in total. The van der Waals surface area contributed by atoms with Crippen LogP contribution in [0.1, 0.15) is 15.9 Å². The maximum atomic E-state index is 12.3. The topological polar surface area (TPSA) is 74.2 Å². The normalized spacial score (nSPS) is 9.57. The van der Waals surface area contributed by atoms with Crippen LogP contribution >= 0.6 is 0 Å². The molecule has 0 spiro atoms. The van der Waals surface area contributed by atoms with Gasteiger partial charge >= 0.3 is 0 Å². The number of nitrogens with zero attached hydrogens (tertiary/aromatic N) is 1. The average molecular weight is 281 g/mol. The van der Waals surface area contributed by atoms with Crippen LogP contribution < -0.4 is 15.4 Å². The molecule has 0 atom stereocenters. The number of benzene rings is 2. The van der Waals surface area contributed by atoms with Crippen LogP contribution in [-0.4, -0.2) is 20.1 Å². The molecular formula is C16H15N3O2. The van der Waals surface area contributed by atoms with Crippen LogP contribution in [0.4, 0.5) is 11.4 Å². The van der Waals surface area contributed by atoms with Crippen LogP contribution in [0.25, 0.3) is 0 Å². The van der Waals surface area contributed by atoms with E-state index >= 15 is 0 Å². The van der Waals surface area contributed by atoms with E-state index in [1.807, 2.05) is 25.2 Å². The van der Waals surface area contributed by atoms with Gasteiger partial charge in [0.05, 0.1) is 12.7 Å². The molecule has 0 aromatic heterocycles. The van der Waals surface area contributed by atoms with Gasteiger partial charge in [-0.05, 0) is 36.4 Å². The van der Waals surface area contributed by atoms with Crippen molar-refractivity contribution in [1.82, 2.24) is 0 Å². The predicted octanol–water partition coefficient (Wildman–Crippen LogP) is 2.86. The number of ether oxygens (including phenoxy) is 1. The molecule has 0 radical (unpaired) electrons. The summed E-state index contributed by atoms with van der Waals surface area (Å²) >= 11 is 0. The van der Waals surface area contributed by atoms with Gasteiger partial charge in [-0.3, -0.25) is 4.79 Å². The first-order valence-electron chi connectivity index (χ1n) is 6.36. The molecule has 1 amide bonds. The van der Waals surface area contributed by atoms with Crippen molar-refractivity contribution < 1.29 is 9.53 Å². The van der Waals surface area contributed by atoms with E-state index < -0.39 is 0 Å². The van der Waals surface area contributed by atoms with E-state index in [0.717, 1.165) is 5.69 Å². The molecule has 106 valence electrons. The largest absolute Gasteiger partial charge is 0.495 e. The summed E-state index contributed by atoms with van der Waals surface area (Å²) < 4.78 is 5.19. The fourth-order valence-electron chi connectivity index (χ4n) is 1.90. The number of nitrogens with one attached hydrogen (secondary N) is 2. The van der Waals surface area contributed by atoms with Crippen molar-refractivity contribution >= 4 is 17.3 Å². The van der Waals surface area contributed by atoms with E-state index in [0.29, 0.717) is 22.6 Å². The Morgan fingerprint density at radius 3 is 2.48 bits per heavy atom. The SMILES string of the molecule is CNc1ccc(C(=O)Nc2c(C#N)cccc2OC)cc1. The Morgan fingerprint density at radius 2 is 1.90 bits per heavy atom. The molecule has 21 heavy (non-hydrogen) atoms. The summed E-state index contributed by atoms with van der Waals surface area (Å²) in [6, 6.07) is 14.1. The van der Waals surface area contributed by atoms with E-state index in [4.69, 9.17) is 10.00 Å². The highest BCUT2D eigenvalue weighted by molar-refractivity contribution is 6.06. The summed E-state index contributed by atoms with van der Waals surface area (Å²) in [6.07, 6.45) is 0. The maximum Gasteiger partial charge on any atom is 0.255 e. The maximum absolute atomic E-state index is 12.3. The van der Waals surface area contributed by atoms with E-state index in [1.165, 1.54) is 7.11 Å². The average Bonchev–Trinajstić information content (AvgIpc) is 2.55. The summed E-state index contributed by atoms with van der Waals surface area (Å²) in [5, 5.41) is 14.8. The molecule has 5 heteroatoms. The molecule has 0 saturated carbocycles. The summed E-state index contributed by atoms with van der Waals surface area (Å²) in [4.78, 5) is 12.3. The second kappa shape index (κ2) is 6.44. The Kier molecular flexibility index (Phi) is 4.42. The minimum Gasteiger partial charge on any atom is -0.495 e. The Bertz CT molecular complexity index is 688. The summed E-state index contributed by atoms with van der Waals surface area (Å²) in [7, 11) is 3.30. The number of carbonyl (C=O) groups is 1. The van der Waals surface area contributed by atoms with Gasteiger partial charge < -0.3 is 15.4 Å². The molecule has 5 nitrogen and oxygen atoms in total. The first-order valence-corrected chi connectivity index (χ1v) is 6.36. The zero-order valence-electron chi connectivity index (χ0n) is 11.8. The lowest BCUT2D eigenvalue weighted by Crippen LogP contribution is -2.13. The van der Waals surface area contributed by atoms with Crippen molar-refractivity contribution in [3.8, 4) is 11.8 Å². The fraction of sp³-hybridized carbons (Fsp3) is 0.125. The van der Waals surface area contributed by atoms with Crippen LogP contribution in [0.15, 0.2) is 42.5 Å². The standard InChI is InChI=1S/C16H15N3O2/c1-18-13-8-6-11(7-9-13)16(20)19-15-12(10-17)4-3-5-14(15)21-2/h3-9,18H,1-2H3,(H,19,20). The van der Waals surface area contributed by atoms with Gasteiger partial charge in [0, 0.05) is 18.3 Å². The fourth-order valence-corrected chi connectivity index (χ4v) is 1.90. The molecule has 0 aliphatic carbocycles. The van der Waals surface area contributed by atoms with Crippen molar-refractivity contribution in [2.24, 2.45) is 0 Å². The molecule has 0 bridgehead atoms. The van der Waals surface area contributed by atoms with Gasteiger partial charge in [0.25, 0.3) is 5.91 Å². The van der Waals surface area contributed by atoms with Gasteiger partial charge in [-0.15, -0.1) is 0 Å². The van der Waals surface area contributed by atoms with Gasteiger partial charge in [0.1, 0.15) is 17.5 Å². The number of rotatable bonds is 4. The third-order valence-corrected chi connectivity index (χ3v) is 3.04. The first kappa shape index (κ1) is 14.4. The van der Waals surface area contributed by atoms with E-state index in [2.05, 4.69) is 10.6 Å². The highest BCUT2D eigenvalue weighted by Gasteiger charge is 2.13. The second-order valence-corrected chi connectivity index (χ2v) is 4.28. The van der Waals surface area contributed by atoms with Crippen molar-refractivity contribution in [3.63, 3.8) is 0 Å². The van der Waals surface area contributed by atoms with Gasteiger partial charge in [0.15, 0.2) is 0 Å². The molecule has 2 aromatic rings. The third-order valence-electron chi connectivity index (χ3n) is 3.04. The highest BCUT2D eigenvalue weighted by atomic mass is 16.5. The van der Waals surface area contributed by atoms with E-state index in [1.54, 1.807) is 30.3 Å². The molecular weight excluding hydrogens is 266 g/mol. The van der Waals surface area contributed by atoms with Gasteiger partial charge in [-0.1, -0.05) is 6.07 Å². The molecule has 0 fully saturated rings. The first-order chi connectivity index (χ1) is 10.2. The van der Waals surface area contributed by atoms with Crippen LogP contribution in [0.2, 0.25) is 0 Å². The minimum absolute atomic E-state index is 0.293. The third kappa shape index (κ3) is 3.12. The molecule has 2 aromatic carbocycles. The Hall–Kier alpha value is -3.00. The number of para-hydroxylation sites is 1. The van der Waals surface area contributed by atoms with Gasteiger partial charge in [-0.25, -0.2) is 0 Å². The Morgan fingerprint density at radius 1 is 1.19 bits per heavy atom. The predicted molar refractivity (Wildman–Crippen MR) is 81.7 cm³/mol. The number of amides is 1. The van der Waals surface area contributed by atoms with E-state index in [-0.39, 0.29) is 5.91 Å². The molecule has 2 rings (SSSR count). The lowest BCUT2D eigenvalue weighted by Gasteiger charge is -2.11. The summed E-state index contributed by atoms with van der Waals surface area (Å²) in [5.74, 6) is 0.160. The molecule has 0 aliphatic rings. The number of methoxy groups -OCH3 is 1. The number of carbonyl (C=O) groups excluding carboxylic acids is 1. The monoisotopic (exact) mass is 281 g/mol. The summed E-state index contributed by atoms with van der Waals surface area (Å²) in [5.41, 5.74) is 2.16. The highest BCUT2D eigenvalue weighted by Crippen LogP contribution is 2.28. The lowest BCUT2D eigenvalue weighted by atomic mass is 10.1. The zero-order chi connectivity index (χ0) is 15.2. The zero-order valence-corrected chi connectivity index (χ0v) is 11.8. The van der Waals surface area contributed by atoms with Crippen LogP contribution in [0, 0.1) is 11.3 Å². The Balaban J connectivity index is 2.29. The van der Waals surface area contributed by atoms with Gasteiger partial charge in [-0.2, -0.15) is 5.26 Å². The minimum atomic E-state index is -0.293. The van der Waals surface area contributed by atoms with Crippen LogP contribution in [-0.2, 0) is 0 Å². The smallest absolute Gasteiger partial charge is 0.255 e. The number of hydrogen-bond acceptors (Lipinski definition) is 4. The molecule has 0 aliphatic heterocycles. The van der Waals surface area contributed by atoms with Gasteiger partial charge in [0.2, 0.25) is 0 Å². The second-order valence-electron chi connectivity index (χ2n) is 4.28. The van der Waals surface area contributed by atoms with Crippen molar-refractivity contribution in [1.29, 1.82) is 5.26 Å². The van der Waals surface area contributed by atoms with Crippen LogP contribution in [0.5, 0.6) is 5.75 Å². The molecule has 0 unspecified atom stereocenters. The number of anilines is 2. The molecule has 0 saturated heterocycles. The Labute approximate surface area is 123 Å². The van der Waals surface area contributed by atoms with Crippen LogP contribution in [0.3, 0.4) is 0 Å². The molecule has 0 heterocycles. The number of nitriles is 1. The van der Waals surface area contributed by atoms with E-state index in [9.17, 15) is 4.79 Å². The summed E-state index contributed by atoms with van der Waals surface area (Å²) in [6.45, 7) is 0. The van der Waals surface area contributed by atoms with Crippen molar-refractivity contribution in [2.75, 3.05) is 24.8 Å². The van der Waals surface area contributed by atoms with Crippen molar-refractivity contribution in [3.05, 3.63) is 53.6 Å².